The van der Waals surface area contributed by atoms with Crippen molar-refractivity contribution in [1.82, 2.24) is 14.7 Å². The van der Waals surface area contributed by atoms with Crippen molar-refractivity contribution in [3.05, 3.63) is 36.0 Å². The molecule has 2 heterocycles. The largest absolute Gasteiger partial charge is 0.488 e. The Morgan fingerprint density at radius 3 is 2.83 bits per heavy atom. The minimum atomic E-state index is -1.03. The Kier molecular flexibility index (Phi) is 4.34. The summed E-state index contributed by atoms with van der Waals surface area (Å²) in [5.41, 5.74) is 1.64. The van der Waals surface area contributed by atoms with Gasteiger partial charge in [0, 0.05) is 19.2 Å². The third-order valence-electron chi connectivity index (χ3n) is 4.14. The number of carbonyl (C=O) groups is 1. The Morgan fingerprint density at radius 2 is 2.13 bits per heavy atom. The zero-order valence-electron chi connectivity index (χ0n) is 13.4. The van der Waals surface area contributed by atoms with Gasteiger partial charge in [-0.25, -0.2) is 4.79 Å². The maximum absolute atomic E-state index is 11.1. The first-order chi connectivity index (χ1) is 11.0. The number of benzene rings is 1. The van der Waals surface area contributed by atoms with E-state index >= 15 is 0 Å². The molecule has 122 valence electrons. The van der Waals surface area contributed by atoms with E-state index in [1.165, 1.54) is 0 Å². The van der Waals surface area contributed by atoms with Gasteiger partial charge in [0.05, 0.1) is 5.69 Å². The molecule has 0 spiro atoms. The van der Waals surface area contributed by atoms with Crippen LogP contribution in [0.3, 0.4) is 0 Å². The summed E-state index contributed by atoms with van der Waals surface area (Å²) in [4.78, 5) is 13.4. The molecule has 1 fully saturated rings. The van der Waals surface area contributed by atoms with Gasteiger partial charge in [-0.15, -0.1) is 0 Å². The molecule has 2 aromatic rings. The van der Waals surface area contributed by atoms with E-state index in [1.54, 1.807) is 17.8 Å². The van der Waals surface area contributed by atoms with Crippen LogP contribution in [0.4, 0.5) is 0 Å². The van der Waals surface area contributed by atoms with Crippen LogP contribution in [-0.4, -0.2) is 52.0 Å². The summed E-state index contributed by atoms with van der Waals surface area (Å²) in [7, 11) is 3.84. The molecule has 1 unspecified atom stereocenters. The highest BCUT2D eigenvalue weighted by atomic mass is 16.5. The first-order valence-electron chi connectivity index (χ1n) is 7.76. The molecule has 1 aromatic heterocycles. The second-order valence-electron chi connectivity index (χ2n) is 5.98. The van der Waals surface area contributed by atoms with Crippen molar-refractivity contribution in [2.24, 2.45) is 7.05 Å². The van der Waals surface area contributed by atoms with Crippen molar-refractivity contribution in [3.8, 4) is 17.0 Å². The van der Waals surface area contributed by atoms with Crippen LogP contribution in [0.5, 0.6) is 5.75 Å². The molecule has 1 aromatic carbocycles. The van der Waals surface area contributed by atoms with E-state index in [0.717, 1.165) is 42.9 Å². The first kappa shape index (κ1) is 15.6. The number of nitrogens with zero attached hydrogens (tertiary/aromatic N) is 3. The number of para-hydroxylation sites is 1. The van der Waals surface area contributed by atoms with Crippen LogP contribution in [-0.2, 0) is 7.05 Å². The Bertz CT molecular complexity index is 711. The van der Waals surface area contributed by atoms with Crippen LogP contribution in [0, 0.1) is 0 Å². The number of carboxylic acid groups (broad SMARTS) is 1. The molecular weight excluding hydrogens is 294 g/mol. The topological polar surface area (TPSA) is 67.6 Å². The summed E-state index contributed by atoms with van der Waals surface area (Å²) in [6.07, 6.45) is 2.31. The molecule has 1 aliphatic rings. The van der Waals surface area contributed by atoms with Crippen molar-refractivity contribution in [2.45, 2.75) is 18.9 Å². The van der Waals surface area contributed by atoms with Gasteiger partial charge in [0.2, 0.25) is 0 Å². The Morgan fingerprint density at radius 1 is 1.35 bits per heavy atom. The van der Waals surface area contributed by atoms with Gasteiger partial charge >= 0.3 is 5.97 Å². The molecule has 1 saturated heterocycles. The van der Waals surface area contributed by atoms with Crippen LogP contribution in [0.1, 0.15) is 23.3 Å². The molecule has 0 radical (unpaired) electrons. The number of rotatable bonds is 4. The van der Waals surface area contributed by atoms with Crippen molar-refractivity contribution in [2.75, 3.05) is 20.1 Å². The second-order valence-corrected chi connectivity index (χ2v) is 5.98. The molecular formula is C17H21N3O3. The molecule has 3 rings (SSSR count). The predicted octanol–water partition coefficient (Wildman–Crippen LogP) is 2.26. The lowest BCUT2D eigenvalue weighted by molar-refractivity contribution is 0.0689. The SMILES string of the molecule is CN1CCCC(Oc2ccccc2-c2cc(C(=O)O)nn2C)C1. The fraction of sp³-hybridized carbons (Fsp3) is 0.412. The fourth-order valence-electron chi connectivity index (χ4n) is 3.00. The molecule has 6 nitrogen and oxygen atoms in total. The van der Waals surface area contributed by atoms with E-state index in [0.29, 0.717) is 0 Å². The van der Waals surface area contributed by atoms with Crippen molar-refractivity contribution >= 4 is 5.97 Å². The number of aromatic nitrogens is 2. The lowest BCUT2D eigenvalue weighted by atomic mass is 10.1. The van der Waals surface area contributed by atoms with Gasteiger partial charge in [-0.1, -0.05) is 12.1 Å². The van der Waals surface area contributed by atoms with Crippen LogP contribution < -0.4 is 4.74 Å². The lowest BCUT2D eigenvalue weighted by Gasteiger charge is -2.30. The highest BCUT2D eigenvalue weighted by Gasteiger charge is 2.21. The number of piperidine rings is 1. The van der Waals surface area contributed by atoms with Crippen LogP contribution in [0.25, 0.3) is 11.3 Å². The Balaban J connectivity index is 1.90. The zero-order valence-corrected chi connectivity index (χ0v) is 13.4. The third-order valence-corrected chi connectivity index (χ3v) is 4.14. The highest BCUT2D eigenvalue weighted by molar-refractivity contribution is 5.87. The van der Waals surface area contributed by atoms with E-state index < -0.39 is 5.97 Å². The van der Waals surface area contributed by atoms with Crippen molar-refractivity contribution < 1.29 is 14.6 Å². The van der Waals surface area contributed by atoms with Crippen LogP contribution >= 0.6 is 0 Å². The van der Waals surface area contributed by atoms with Gasteiger partial charge in [-0.05, 0) is 44.6 Å². The standard InChI is InChI=1S/C17H21N3O3/c1-19-9-5-6-12(11-19)23-16-8-4-3-7-13(16)15-10-14(17(21)22)18-20(15)2/h3-4,7-8,10,12H,5-6,9,11H2,1-2H3,(H,21,22). The lowest BCUT2D eigenvalue weighted by Crippen LogP contribution is -2.38. The summed E-state index contributed by atoms with van der Waals surface area (Å²) in [6.45, 7) is 2.01. The monoisotopic (exact) mass is 315 g/mol. The van der Waals surface area contributed by atoms with E-state index in [1.807, 2.05) is 24.3 Å². The van der Waals surface area contributed by atoms with E-state index in [2.05, 4.69) is 17.0 Å². The van der Waals surface area contributed by atoms with Crippen LogP contribution in [0.15, 0.2) is 30.3 Å². The van der Waals surface area contributed by atoms with Crippen LogP contribution in [0.2, 0.25) is 0 Å². The van der Waals surface area contributed by atoms with E-state index in [-0.39, 0.29) is 11.8 Å². The molecule has 23 heavy (non-hydrogen) atoms. The molecule has 1 N–H and O–H groups in total. The average Bonchev–Trinajstić information content (AvgIpc) is 2.90. The van der Waals surface area contributed by atoms with Gasteiger partial charge in [0.15, 0.2) is 5.69 Å². The second kappa shape index (κ2) is 6.42. The maximum Gasteiger partial charge on any atom is 0.356 e. The number of aryl methyl sites for hydroxylation is 1. The number of ether oxygens (including phenoxy) is 1. The highest BCUT2D eigenvalue weighted by Crippen LogP contribution is 2.31. The average molecular weight is 315 g/mol. The number of likely N-dealkylation sites (tertiary alicyclic amines) is 1. The molecule has 0 bridgehead atoms. The molecule has 1 aliphatic heterocycles. The number of aromatic carboxylic acids is 1. The molecule has 0 amide bonds. The smallest absolute Gasteiger partial charge is 0.356 e. The fourth-order valence-corrected chi connectivity index (χ4v) is 3.00. The van der Waals surface area contributed by atoms with Crippen molar-refractivity contribution in [1.29, 1.82) is 0 Å². The van der Waals surface area contributed by atoms with Gasteiger partial charge < -0.3 is 14.7 Å². The minimum Gasteiger partial charge on any atom is -0.488 e. The number of carboxylic acids is 1. The number of hydrogen-bond donors (Lipinski definition) is 1. The summed E-state index contributed by atoms with van der Waals surface area (Å²) >= 11 is 0. The summed E-state index contributed by atoms with van der Waals surface area (Å²) in [5, 5.41) is 13.2. The van der Waals surface area contributed by atoms with Gasteiger partial charge in [0.25, 0.3) is 0 Å². The third kappa shape index (κ3) is 3.37. The van der Waals surface area contributed by atoms with E-state index in [9.17, 15) is 4.79 Å². The Labute approximate surface area is 135 Å². The number of hydrogen-bond acceptors (Lipinski definition) is 4. The predicted molar refractivity (Wildman–Crippen MR) is 86.8 cm³/mol. The first-order valence-corrected chi connectivity index (χ1v) is 7.76. The molecule has 0 saturated carbocycles. The zero-order chi connectivity index (χ0) is 16.4. The molecule has 1 atom stereocenters. The Hall–Kier alpha value is -2.34. The normalized spacial score (nSPS) is 18.8. The van der Waals surface area contributed by atoms with Gasteiger partial charge in [0.1, 0.15) is 11.9 Å². The summed E-state index contributed by atoms with van der Waals surface area (Å²) in [6, 6.07) is 9.29. The number of likely N-dealkylation sites (N-methyl/N-ethyl adjacent to an activating group) is 1. The quantitative estimate of drug-likeness (QED) is 0.937. The van der Waals surface area contributed by atoms with E-state index in [4.69, 9.17) is 9.84 Å². The van der Waals surface area contributed by atoms with Gasteiger partial charge in [-0.2, -0.15) is 5.10 Å². The minimum absolute atomic E-state index is 0.0368. The maximum atomic E-state index is 11.1. The van der Waals surface area contributed by atoms with Crippen molar-refractivity contribution in [3.63, 3.8) is 0 Å². The summed E-state index contributed by atoms with van der Waals surface area (Å²) in [5.74, 6) is -0.258. The summed E-state index contributed by atoms with van der Waals surface area (Å²) < 4.78 is 7.79. The molecule has 0 aliphatic carbocycles. The van der Waals surface area contributed by atoms with Gasteiger partial charge in [-0.3, -0.25) is 4.68 Å². The molecule has 6 heteroatoms.